The van der Waals surface area contributed by atoms with E-state index in [1.165, 1.54) is 51.4 Å². The molecule has 0 fully saturated rings. The molecule has 0 bridgehead atoms. The summed E-state index contributed by atoms with van der Waals surface area (Å²) >= 11 is 0. The van der Waals surface area contributed by atoms with E-state index in [1.54, 1.807) is 30.3 Å². The van der Waals surface area contributed by atoms with E-state index >= 15 is 0 Å². The summed E-state index contributed by atoms with van der Waals surface area (Å²) in [5.41, 5.74) is 2.61. The molecule has 2 aromatic carbocycles. The Hall–Kier alpha value is -2.16. The van der Waals surface area contributed by atoms with Crippen molar-refractivity contribution in [1.82, 2.24) is 0 Å². The number of carboxylic acid groups (broad SMARTS) is 1. The van der Waals surface area contributed by atoms with Crippen LogP contribution in [0, 0.1) is 5.82 Å². The summed E-state index contributed by atoms with van der Waals surface area (Å²) in [5.74, 6) is -1.12. The van der Waals surface area contributed by atoms with Gasteiger partial charge in [0, 0.05) is 0 Å². The standard InChI is InChI=1S/C25H33FO2/c1-2-3-4-5-6-7-8-9-10-11-12-21-15-18-23(19-24(21)26)20-13-16-22(17-14-20)25(27)28/h13-19H,2-12H2,1H3,(H,27,28). The molecular formula is C25H33FO2. The van der Waals surface area contributed by atoms with E-state index < -0.39 is 5.97 Å². The molecule has 0 saturated carbocycles. The van der Waals surface area contributed by atoms with Gasteiger partial charge in [-0.15, -0.1) is 0 Å². The fourth-order valence-corrected chi connectivity index (χ4v) is 3.54. The summed E-state index contributed by atoms with van der Waals surface area (Å²) in [6.07, 6.45) is 13.6. The summed E-state index contributed by atoms with van der Waals surface area (Å²) in [7, 11) is 0. The largest absolute Gasteiger partial charge is 0.478 e. The number of unbranched alkanes of at least 4 members (excludes halogenated alkanes) is 9. The third kappa shape index (κ3) is 7.46. The number of carboxylic acids is 1. The van der Waals surface area contributed by atoms with E-state index in [-0.39, 0.29) is 11.4 Å². The number of rotatable bonds is 13. The molecule has 3 heteroatoms. The zero-order valence-corrected chi connectivity index (χ0v) is 17.1. The molecule has 0 heterocycles. The summed E-state index contributed by atoms with van der Waals surface area (Å²) in [4.78, 5) is 10.9. The fourth-order valence-electron chi connectivity index (χ4n) is 3.54. The van der Waals surface area contributed by atoms with Crippen LogP contribution in [0.15, 0.2) is 42.5 Å². The molecule has 0 amide bonds. The minimum absolute atomic E-state index is 0.171. The highest BCUT2D eigenvalue weighted by Crippen LogP contribution is 2.23. The van der Waals surface area contributed by atoms with E-state index in [4.69, 9.17) is 5.11 Å². The highest BCUT2D eigenvalue weighted by Gasteiger charge is 2.07. The first-order valence-corrected chi connectivity index (χ1v) is 10.7. The second kappa shape index (κ2) is 12.3. The lowest BCUT2D eigenvalue weighted by molar-refractivity contribution is 0.0697. The van der Waals surface area contributed by atoms with Crippen LogP contribution in [0.25, 0.3) is 11.1 Å². The molecule has 0 aliphatic carbocycles. The third-order valence-electron chi connectivity index (χ3n) is 5.32. The van der Waals surface area contributed by atoms with Crippen molar-refractivity contribution in [3.05, 3.63) is 59.4 Å². The van der Waals surface area contributed by atoms with Crippen LogP contribution in [0.3, 0.4) is 0 Å². The summed E-state index contributed by atoms with van der Waals surface area (Å²) in [6, 6.07) is 11.9. The highest BCUT2D eigenvalue weighted by molar-refractivity contribution is 5.88. The van der Waals surface area contributed by atoms with Gasteiger partial charge in [-0.2, -0.15) is 0 Å². The smallest absolute Gasteiger partial charge is 0.335 e. The first kappa shape index (κ1) is 22.1. The fraction of sp³-hybridized carbons (Fsp3) is 0.480. The second-order valence-corrected chi connectivity index (χ2v) is 7.62. The first-order valence-electron chi connectivity index (χ1n) is 10.7. The van der Waals surface area contributed by atoms with Crippen LogP contribution in [0.5, 0.6) is 0 Å². The Morgan fingerprint density at radius 1 is 0.786 bits per heavy atom. The van der Waals surface area contributed by atoms with Crippen LogP contribution < -0.4 is 0 Å². The lowest BCUT2D eigenvalue weighted by Gasteiger charge is -2.07. The Labute approximate surface area is 168 Å². The van der Waals surface area contributed by atoms with E-state index in [1.807, 2.05) is 12.1 Å². The van der Waals surface area contributed by atoms with Gasteiger partial charge in [0.1, 0.15) is 5.82 Å². The summed E-state index contributed by atoms with van der Waals surface area (Å²) in [5, 5.41) is 8.96. The molecule has 28 heavy (non-hydrogen) atoms. The van der Waals surface area contributed by atoms with Gasteiger partial charge >= 0.3 is 5.97 Å². The number of benzene rings is 2. The number of carbonyl (C=O) groups is 1. The van der Waals surface area contributed by atoms with Gasteiger partial charge < -0.3 is 5.11 Å². The molecular weight excluding hydrogens is 351 g/mol. The minimum Gasteiger partial charge on any atom is -0.478 e. The van der Waals surface area contributed by atoms with Crippen molar-refractivity contribution in [3.8, 4) is 11.1 Å². The van der Waals surface area contributed by atoms with Crippen molar-refractivity contribution in [2.75, 3.05) is 0 Å². The first-order chi connectivity index (χ1) is 13.6. The molecule has 0 atom stereocenters. The van der Waals surface area contributed by atoms with Gasteiger partial charge in [-0.3, -0.25) is 0 Å². The maximum Gasteiger partial charge on any atom is 0.335 e. The molecule has 2 nitrogen and oxygen atoms in total. The number of halogens is 1. The minimum atomic E-state index is -0.954. The predicted molar refractivity (Wildman–Crippen MR) is 114 cm³/mol. The average molecular weight is 385 g/mol. The molecule has 2 rings (SSSR count). The van der Waals surface area contributed by atoms with Crippen molar-refractivity contribution in [2.45, 2.75) is 77.6 Å². The van der Waals surface area contributed by atoms with Crippen molar-refractivity contribution < 1.29 is 14.3 Å². The van der Waals surface area contributed by atoms with Crippen LogP contribution in [0.1, 0.15) is 87.1 Å². The maximum absolute atomic E-state index is 14.4. The lowest BCUT2D eigenvalue weighted by Crippen LogP contribution is -1.95. The van der Waals surface area contributed by atoms with Crippen molar-refractivity contribution in [2.24, 2.45) is 0 Å². The van der Waals surface area contributed by atoms with Crippen LogP contribution in [0.2, 0.25) is 0 Å². The number of aromatic carboxylic acids is 1. The Bertz CT molecular complexity index is 722. The molecule has 0 aliphatic heterocycles. The Kier molecular flexibility index (Phi) is 9.74. The zero-order chi connectivity index (χ0) is 20.2. The normalized spacial score (nSPS) is 10.9. The van der Waals surface area contributed by atoms with Crippen LogP contribution in [0.4, 0.5) is 4.39 Å². The topological polar surface area (TPSA) is 37.3 Å². The molecule has 152 valence electrons. The van der Waals surface area contributed by atoms with Gasteiger partial charge in [-0.25, -0.2) is 9.18 Å². The van der Waals surface area contributed by atoms with Gasteiger partial charge in [0.25, 0.3) is 0 Å². The van der Waals surface area contributed by atoms with Gasteiger partial charge in [0.05, 0.1) is 5.56 Å². The van der Waals surface area contributed by atoms with Crippen LogP contribution in [-0.2, 0) is 6.42 Å². The lowest BCUT2D eigenvalue weighted by atomic mass is 9.99. The monoisotopic (exact) mass is 384 g/mol. The van der Waals surface area contributed by atoms with Crippen molar-refractivity contribution in [1.29, 1.82) is 0 Å². The molecule has 0 spiro atoms. The van der Waals surface area contributed by atoms with Gasteiger partial charge in [0.2, 0.25) is 0 Å². The van der Waals surface area contributed by atoms with Crippen molar-refractivity contribution >= 4 is 5.97 Å². The average Bonchev–Trinajstić information content (AvgIpc) is 2.70. The zero-order valence-electron chi connectivity index (χ0n) is 17.1. The molecule has 0 saturated heterocycles. The molecule has 2 aromatic rings. The van der Waals surface area contributed by atoms with Gasteiger partial charge in [-0.1, -0.05) is 89.0 Å². The number of hydrogen-bond acceptors (Lipinski definition) is 1. The quantitative estimate of drug-likeness (QED) is 0.360. The molecule has 0 unspecified atom stereocenters. The molecule has 1 N–H and O–H groups in total. The third-order valence-corrected chi connectivity index (χ3v) is 5.32. The second-order valence-electron chi connectivity index (χ2n) is 7.62. The maximum atomic E-state index is 14.4. The Morgan fingerprint density at radius 3 is 1.86 bits per heavy atom. The van der Waals surface area contributed by atoms with Crippen LogP contribution >= 0.6 is 0 Å². The summed E-state index contributed by atoms with van der Waals surface area (Å²) < 4.78 is 14.4. The molecule has 0 aromatic heterocycles. The van der Waals surface area contributed by atoms with Crippen molar-refractivity contribution in [3.63, 3.8) is 0 Å². The van der Waals surface area contributed by atoms with E-state index in [2.05, 4.69) is 6.92 Å². The highest BCUT2D eigenvalue weighted by atomic mass is 19.1. The Balaban J connectivity index is 1.71. The van der Waals surface area contributed by atoms with Gasteiger partial charge in [0.15, 0.2) is 0 Å². The van der Waals surface area contributed by atoms with E-state index in [0.717, 1.165) is 36.0 Å². The van der Waals surface area contributed by atoms with Crippen LogP contribution in [-0.4, -0.2) is 11.1 Å². The SMILES string of the molecule is CCCCCCCCCCCCc1ccc(-c2ccc(C(=O)O)cc2)cc1F. The van der Waals surface area contributed by atoms with Gasteiger partial charge in [-0.05, 0) is 47.7 Å². The molecule has 0 radical (unpaired) electrons. The van der Waals surface area contributed by atoms with E-state index in [0.29, 0.717) is 0 Å². The summed E-state index contributed by atoms with van der Waals surface area (Å²) in [6.45, 7) is 2.24. The number of hydrogen-bond donors (Lipinski definition) is 1. The van der Waals surface area contributed by atoms with E-state index in [9.17, 15) is 9.18 Å². The predicted octanol–water partition coefficient (Wildman–Crippen LogP) is 7.65. The Morgan fingerprint density at radius 2 is 1.32 bits per heavy atom. The number of aryl methyl sites for hydroxylation is 1. The molecule has 0 aliphatic rings.